The third-order valence-corrected chi connectivity index (χ3v) is 3.43. The number of aromatic carboxylic acids is 1. The highest BCUT2D eigenvalue weighted by atomic mass is 35.7. The van der Waals surface area contributed by atoms with Gasteiger partial charge in [0.15, 0.2) is 11.6 Å². The maximum Gasteiger partial charge on any atom is 0.337 e. The number of carboxylic acids is 1. The fourth-order valence-corrected chi connectivity index (χ4v) is 2.66. The summed E-state index contributed by atoms with van der Waals surface area (Å²) in [6, 6.07) is 0.269. The molecule has 0 aromatic heterocycles. The predicted molar refractivity (Wildman–Crippen MR) is 51.4 cm³/mol. The van der Waals surface area contributed by atoms with Gasteiger partial charge in [-0.15, -0.1) is 0 Å². The molecule has 4 nitrogen and oxygen atoms in total. The van der Waals surface area contributed by atoms with E-state index in [2.05, 4.69) is 0 Å². The first-order chi connectivity index (χ1) is 7.16. The Hall–Kier alpha value is -0.920. The second-order valence-corrected chi connectivity index (χ2v) is 5.49. The van der Waals surface area contributed by atoms with Gasteiger partial charge in [-0.05, 0) is 6.07 Å². The molecule has 0 atom stereocenters. The fraction of sp³-hybridized carbons (Fsp3) is 0. The number of carboxylic acid groups (broad SMARTS) is 1. The second kappa shape index (κ2) is 4.15. The summed E-state index contributed by atoms with van der Waals surface area (Å²) < 4.78 is 47.7. The van der Waals surface area contributed by atoms with E-state index in [1.165, 1.54) is 0 Å². The molecule has 0 spiro atoms. The molecule has 0 bridgehead atoms. The third-order valence-electron chi connectivity index (χ3n) is 1.59. The average molecular weight is 291 g/mol. The van der Waals surface area contributed by atoms with Crippen LogP contribution in [0.25, 0.3) is 0 Å². The van der Waals surface area contributed by atoms with E-state index in [0.717, 1.165) is 0 Å². The Morgan fingerprint density at radius 3 is 2.25 bits per heavy atom. The topological polar surface area (TPSA) is 71.4 Å². The quantitative estimate of drug-likeness (QED) is 0.670. The van der Waals surface area contributed by atoms with Crippen molar-refractivity contribution in [2.75, 3.05) is 0 Å². The van der Waals surface area contributed by atoms with Crippen molar-refractivity contribution >= 4 is 37.3 Å². The van der Waals surface area contributed by atoms with Gasteiger partial charge in [0.1, 0.15) is 4.90 Å². The van der Waals surface area contributed by atoms with Crippen molar-refractivity contribution in [3.05, 3.63) is 28.3 Å². The van der Waals surface area contributed by atoms with Gasteiger partial charge in [-0.1, -0.05) is 11.6 Å². The molecule has 0 radical (unpaired) electrons. The summed E-state index contributed by atoms with van der Waals surface area (Å²) in [5, 5.41) is 7.59. The molecular weight excluding hydrogens is 289 g/mol. The second-order valence-electron chi connectivity index (χ2n) is 2.61. The van der Waals surface area contributed by atoms with Gasteiger partial charge in [0, 0.05) is 10.7 Å². The first-order valence-electron chi connectivity index (χ1n) is 3.51. The molecule has 1 aromatic carbocycles. The van der Waals surface area contributed by atoms with E-state index in [1.807, 2.05) is 0 Å². The molecule has 88 valence electrons. The zero-order valence-corrected chi connectivity index (χ0v) is 9.50. The lowest BCUT2D eigenvalue weighted by atomic mass is 10.2. The number of carbonyl (C=O) groups is 1. The number of benzene rings is 1. The molecule has 0 aliphatic heterocycles. The molecular formula is C7H2Cl2F2O4S. The first-order valence-corrected chi connectivity index (χ1v) is 6.20. The average Bonchev–Trinajstić information content (AvgIpc) is 2.08. The fourth-order valence-electron chi connectivity index (χ4n) is 0.950. The van der Waals surface area contributed by atoms with E-state index in [4.69, 9.17) is 27.4 Å². The summed E-state index contributed by atoms with van der Waals surface area (Å²) in [4.78, 5) is 9.17. The van der Waals surface area contributed by atoms with Crippen molar-refractivity contribution in [2.24, 2.45) is 0 Å². The van der Waals surface area contributed by atoms with Crippen molar-refractivity contribution in [2.45, 2.75) is 4.90 Å². The van der Waals surface area contributed by atoms with Crippen molar-refractivity contribution in [3.63, 3.8) is 0 Å². The van der Waals surface area contributed by atoms with E-state index in [1.54, 1.807) is 0 Å². The third kappa shape index (κ3) is 2.26. The number of hydrogen-bond acceptors (Lipinski definition) is 3. The molecule has 0 amide bonds. The van der Waals surface area contributed by atoms with Crippen LogP contribution in [0, 0.1) is 11.6 Å². The van der Waals surface area contributed by atoms with Gasteiger partial charge in [-0.2, -0.15) is 0 Å². The van der Waals surface area contributed by atoms with Gasteiger partial charge in [-0.3, -0.25) is 0 Å². The maximum atomic E-state index is 13.1. The molecule has 0 unspecified atom stereocenters. The van der Waals surface area contributed by atoms with Crippen molar-refractivity contribution in [1.29, 1.82) is 0 Å². The SMILES string of the molecule is O=C(O)c1cc(F)c(F)c(S(=O)(=O)Cl)c1Cl. The van der Waals surface area contributed by atoms with E-state index in [-0.39, 0.29) is 6.07 Å². The van der Waals surface area contributed by atoms with Crippen LogP contribution in [0.5, 0.6) is 0 Å². The Balaban J connectivity index is 3.80. The standard InChI is InChI=1S/C7H2Cl2F2O4S/c8-4-2(7(12)13)1-3(10)5(11)6(4)16(9,14)15/h1H,(H,12,13). The lowest BCUT2D eigenvalue weighted by molar-refractivity contribution is 0.0696. The molecule has 9 heteroatoms. The lowest BCUT2D eigenvalue weighted by Gasteiger charge is -2.06. The molecule has 0 heterocycles. The zero-order chi connectivity index (χ0) is 12.7. The van der Waals surface area contributed by atoms with Crippen molar-refractivity contribution in [1.82, 2.24) is 0 Å². The minimum absolute atomic E-state index is 0.269. The lowest BCUT2D eigenvalue weighted by Crippen LogP contribution is -2.07. The highest BCUT2D eigenvalue weighted by molar-refractivity contribution is 8.13. The molecule has 0 fully saturated rings. The van der Waals surface area contributed by atoms with Crippen LogP contribution in [-0.2, 0) is 9.05 Å². The molecule has 0 aliphatic rings. The Morgan fingerprint density at radius 1 is 1.38 bits per heavy atom. The summed E-state index contributed by atoms with van der Waals surface area (Å²) in [5.74, 6) is -5.18. The minimum atomic E-state index is -4.68. The van der Waals surface area contributed by atoms with Gasteiger partial charge in [0.05, 0.1) is 10.6 Å². The largest absolute Gasteiger partial charge is 0.478 e. The van der Waals surface area contributed by atoms with Gasteiger partial charge in [-0.25, -0.2) is 22.0 Å². The summed E-state index contributed by atoms with van der Waals surface area (Å²) >= 11 is 5.31. The maximum absolute atomic E-state index is 13.1. The molecule has 16 heavy (non-hydrogen) atoms. The Morgan fingerprint density at radius 2 is 1.88 bits per heavy atom. The molecule has 1 N–H and O–H groups in total. The normalized spacial score (nSPS) is 11.5. The van der Waals surface area contributed by atoms with Crippen LogP contribution in [0.1, 0.15) is 10.4 Å². The van der Waals surface area contributed by atoms with E-state index >= 15 is 0 Å². The number of rotatable bonds is 2. The Bertz CT molecular complexity index is 570. The van der Waals surface area contributed by atoms with Crippen LogP contribution < -0.4 is 0 Å². The van der Waals surface area contributed by atoms with Crippen LogP contribution in [0.2, 0.25) is 5.02 Å². The van der Waals surface area contributed by atoms with E-state index in [0.29, 0.717) is 0 Å². The summed E-state index contributed by atoms with van der Waals surface area (Å²) in [6.07, 6.45) is 0. The van der Waals surface area contributed by atoms with Crippen LogP contribution in [0.15, 0.2) is 11.0 Å². The van der Waals surface area contributed by atoms with Crippen molar-refractivity contribution in [3.8, 4) is 0 Å². The first kappa shape index (κ1) is 13.1. The Kier molecular flexibility index (Phi) is 3.41. The summed E-state index contributed by atoms with van der Waals surface area (Å²) in [5.41, 5.74) is -0.889. The van der Waals surface area contributed by atoms with E-state index in [9.17, 15) is 22.0 Å². The molecule has 1 aromatic rings. The minimum Gasteiger partial charge on any atom is -0.478 e. The van der Waals surface area contributed by atoms with Crippen LogP contribution in [0.4, 0.5) is 8.78 Å². The highest BCUT2D eigenvalue weighted by Crippen LogP contribution is 2.32. The van der Waals surface area contributed by atoms with E-state index < -0.39 is 42.1 Å². The molecule has 0 saturated heterocycles. The number of halogens is 4. The van der Waals surface area contributed by atoms with Gasteiger partial charge >= 0.3 is 5.97 Å². The van der Waals surface area contributed by atoms with Crippen molar-refractivity contribution < 1.29 is 27.1 Å². The monoisotopic (exact) mass is 290 g/mol. The van der Waals surface area contributed by atoms with Crippen LogP contribution >= 0.6 is 22.3 Å². The summed E-state index contributed by atoms with van der Waals surface area (Å²) in [7, 11) is 0.125. The van der Waals surface area contributed by atoms with Gasteiger partial charge in [0.2, 0.25) is 0 Å². The van der Waals surface area contributed by atoms with Gasteiger partial charge in [0.25, 0.3) is 9.05 Å². The zero-order valence-electron chi connectivity index (χ0n) is 7.17. The highest BCUT2D eigenvalue weighted by Gasteiger charge is 2.28. The smallest absolute Gasteiger partial charge is 0.337 e. The molecule has 0 saturated carbocycles. The Labute approximate surface area is 97.8 Å². The molecule has 0 aliphatic carbocycles. The summed E-state index contributed by atoms with van der Waals surface area (Å²) in [6.45, 7) is 0. The van der Waals surface area contributed by atoms with Crippen LogP contribution in [0.3, 0.4) is 0 Å². The number of hydrogen-bond donors (Lipinski definition) is 1. The molecule has 1 rings (SSSR count). The predicted octanol–water partition coefficient (Wildman–Crippen LogP) is 2.24. The van der Waals surface area contributed by atoms with Gasteiger partial charge < -0.3 is 5.11 Å². The van der Waals surface area contributed by atoms with Crippen LogP contribution in [-0.4, -0.2) is 19.5 Å².